The fraction of sp³-hybridized carbons (Fsp3) is 0.167. The van der Waals surface area contributed by atoms with E-state index >= 15 is 0 Å². The summed E-state index contributed by atoms with van der Waals surface area (Å²) in [5.74, 6) is -0.288. The maximum absolute atomic E-state index is 12.4. The van der Waals surface area contributed by atoms with Gasteiger partial charge in [-0.25, -0.2) is 4.99 Å². The van der Waals surface area contributed by atoms with Gasteiger partial charge in [-0.15, -0.1) is 0 Å². The SMILES string of the molecule is O=C(CN1CCc2ccccc21)NC1=Nc2ccccc2C(=O)NN1. The van der Waals surface area contributed by atoms with E-state index in [1.165, 1.54) is 5.56 Å². The molecule has 2 aliphatic heterocycles. The Kier molecular flexibility index (Phi) is 3.81. The monoisotopic (exact) mass is 335 g/mol. The summed E-state index contributed by atoms with van der Waals surface area (Å²) in [7, 11) is 0. The van der Waals surface area contributed by atoms with Crippen LogP contribution >= 0.6 is 0 Å². The van der Waals surface area contributed by atoms with E-state index in [2.05, 4.69) is 27.2 Å². The molecule has 2 aromatic rings. The van der Waals surface area contributed by atoms with Crippen molar-refractivity contribution in [3.8, 4) is 0 Å². The minimum absolute atomic E-state index is 0.198. The average molecular weight is 335 g/mol. The highest BCUT2D eigenvalue weighted by Crippen LogP contribution is 2.26. The lowest BCUT2D eigenvalue weighted by Gasteiger charge is -2.19. The summed E-state index contributed by atoms with van der Waals surface area (Å²) < 4.78 is 0. The molecule has 0 spiro atoms. The van der Waals surface area contributed by atoms with E-state index < -0.39 is 0 Å². The van der Waals surface area contributed by atoms with E-state index in [4.69, 9.17) is 0 Å². The average Bonchev–Trinajstić information content (AvgIpc) is 2.95. The molecule has 3 N–H and O–H groups in total. The third-order valence-electron chi connectivity index (χ3n) is 4.25. The van der Waals surface area contributed by atoms with Crippen molar-refractivity contribution in [3.05, 3.63) is 59.7 Å². The predicted octanol–water partition coefficient (Wildman–Crippen LogP) is 1.10. The second-order valence-corrected chi connectivity index (χ2v) is 5.91. The molecule has 0 unspecified atom stereocenters. The normalized spacial score (nSPS) is 15.3. The summed E-state index contributed by atoms with van der Waals surface area (Å²) in [6, 6.07) is 15.0. The molecule has 25 heavy (non-hydrogen) atoms. The number of anilines is 1. The molecule has 0 radical (unpaired) electrons. The quantitative estimate of drug-likeness (QED) is 0.767. The van der Waals surface area contributed by atoms with Crippen LogP contribution in [0.2, 0.25) is 0 Å². The molecular weight excluding hydrogens is 318 g/mol. The molecule has 2 heterocycles. The summed E-state index contributed by atoms with van der Waals surface area (Å²) in [5.41, 5.74) is 8.47. The number of guanidine groups is 1. The van der Waals surface area contributed by atoms with Gasteiger partial charge in [-0.3, -0.25) is 25.8 Å². The van der Waals surface area contributed by atoms with Crippen molar-refractivity contribution in [1.82, 2.24) is 16.2 Å². The number of carbonyl (C=O) groups is 2. The molecule has 0 fully saturated rings. The van der Waals surface area contributed by atoms with Gasteiger partial charge in [0.1, 0.15) is 0 Å². The largest absolute Gasteiger partial charge is 0.362 e. The first kappa shape index (κ1) is 15.2. The maximum Gasteiger partial charge on any atom is 0.271 e. The fourth-order valence-corrected chi connectivity index (χ4v) is 3.07. The Hall–Kier alpha value is -3.35. The fourth-order valence-electron chi connectivity index (χ4n) is 3.07. The number of amides is 2. The van der Waals surface area contributed by atoms with Crippen LogP contribution in [0.3, 0.4) is 0 Å². The third-order valence-corrected chi connectivity index (χ3v) is 4.25. The number of carbonyl (C=O) groups excluding carboxylic acids is 2. The summed E-state index contributed by atoms with van der Waals surface area (Å²) >= 11 is 0. The van der Waals surface area contributed by atoms with Crippen LogP contribution < -0.4 is 21.1 Å². The van der Waals surface area contributed by atoms with Crippen molar-refractivity contribution >= 4 is 29.1 Å². The number of fused-ring (bicyclic) bond motifs is 2. The van der Waals surface area contributed by atoms with Crippen LogP contribution in [0.4, 0.5) is 11.4 Å². The highest BCUT2D eigenvalue weighted by Gasteiger charge is 2.22. The standard InChI is InChI=1S/C18H17N5O2/c24-16(11-23-10-9-12-5-1-4-8-15(12)23)20-18-19-14-7-3-2-6-13(14)17(25)21-22-18/h1-8H,9-11H2,(H,21,25)(H2,19,20,22,24). The van der Waals surface area contributed by atoms with Crippen LogP contribution in [0.15, 0.2) is 53.5 Å². The van der Waals surface area contributed by atoms with Crippen LogP contribution in [-0.4, -0.2) is 30.9 Å². The minimum Gasteiger partial charge on any atom is -0.362 e. The highest BCUT2D eigenvalue weighted by atomic mass is 16.2. The molecule has 126 valence electrons. The Balaban J connectivity index is 1.47. The molecule has 0 atom stereocenters. The summed E-state index contributed by atoms with van der Waals surface area (Å²) in [6.45, 7) is 1.04. The lowest BCUT2D eigenvalue weighted by molar-refractivity contribution is -0.118. The van der Waals surface area contributed by atoms with Crippen LogP contribution in [0.1, 0.15) is 15.9 Å². The number of benzene rings is 2. The molecule has 0 aromatic heterocycles. The van der Waals surface area contributed by atoms with Gasteiger partial charge >= 0.3 is 0 Å². The van der Waals surface area contributed by atoms with E-state index in [0.29, 0.717) is 11.3 Å². The van der Waals surface area contributed by atoms with Crippen molar-refractivity contribution < 1.29 is 9.59 Å². The van der Waals surface area contributed by atoms with Crippen molar-refractivity contribution in [2.75, 3.05) is 18.0 Å². The number of para-hydroxylation sites is 2. The van der Waals surface area contributed by atoms with E-state index in [1.54, 1.807) is 24.3 Å². The topological polar surface area (TPSA) is 85.8 Å². The molecule has 2 amide bonds. The molecule has 7 nitrogen and oxygen atoms in total. The van der Waals surface area contributed by atoms with Crippen LogP contribution in [0.5, 0.6) is 0 Å². The van der Waals surface area contributed by atoms with Gasteiger partial charge in [0, 0.05) is 12.2 Å². The Morgan fingerprint density at radius 1 is 1.12 bits per heavy atom. The Morgan fingerprint density at radius 3 is 2.84 bits per heavy atom. The Bertz CT molecular complexity index is 877. The number of hydrogen-bond acceptors (Lipinski definition) is 5. The first-order valence-corrected chi connectivity index (χ1v) is 8.07. The number of hydrogen-bond donors (Lipinski definition) is 3. The second-order valence-electron chi connectivity index (χ2n) is 5.91. The molecule has 0 saturated heterocycles. The lowest BCUT2D eigenvalue weighted by Crippen LogP contribution is -2.50. The van der Waals surface area contributed by atoms with Gasteiger partial charge in [0.25, 0.3) is 5.91 Å². The number of hydrazine groups is 1. The van der Waals surface area contributed by atoms with Gasteiger partial charge in [0.15, 0.2) is 0 Å². The number of nitrogens with zero attached hydrogens (tertiary/aromatic N) is 2. The van der Waals surface area contributed by atoms with Crippen LogP contribution in [0, 0.1) is 0 Å². The van der Waals surface area contributed by atoms with Crippen LogP contribution in [0.25, 0.3) is 0 Å². The first-order chi connectivity index (χ1) is 12.2. The lowest BCUT2D eigenvalue weighted by atomic mass is 10.2. The number of rotatable bonds is 2. The second kappa shape index (κ2) is 6.27. The minimum atomic E-state index is -0.294. The number of aliphatic imine (C=N–C) groups is 1. The zero-order valence-corrected chi connectivity index (χ0v) is 13.5. The van der Waals surface area contributed by atoms with Gasteiger partial charge in [0.2, 0.25) is 11.9 Å². The molecule has 0 saturated carbocycles. The van der Waals surface area contributed by atoms with Crippen molar-refractivity contribution in [2.24, 2.45) is 4.99 Å². The molecular formula is C18H17N5O2. The zero-order valence-electron chi connectivity index (χ0n) is 13.5. The smallest absolute Gasteiger partial charge is 0.271 e. The Morgan fingerprint density at radius 2 is 1.92 bits per heavy atom. The molecule has 2 aliphatic rings. The molecule has 0 aliphatic carbocycles. The number of nitrogens with one attached hydrogen (secondary N) is 3. The van der Waals surface area contributed by atoms with Gasteiger partial charge in [0.05, 0.1) is 17.8 Å². The van der Waals surface area contributed by atoms with Gasteiger partial charge in [-0.1, -0.05) is 30.3 Å². The van der Waals surface area contributed by atoms with Gasteiger partial charge in [-0.05, 0) is 30.2 Å². The molecule has 2 aromatic carbocycles. The van der Waals surface area contributed by atoms with E-state index in [9.17, 15) is 9.59 Å². The van der Waals surface area contributed by atoms with Gasteiger partial charge < -0.3 is 4.90 Å². The predicted molar refractivity (Wildman–Crippen MR) is 94.6 cm³/mol. The first-order valence-electron chi connectivity index (χ1n) is 8.07. The summed E-state index contributed by atoms with van der Waals surface area (Å²) in [5, 5.41) is 2.72. The maximum atomic E-state index is 12.4. The third kappa shape index (κ3) is 3.03. The zero-order chi connectivity index (χ0) is 17.2. The van der Waals surface area contributed by atoms with E-state index in [0.717, 1.165) is 18.7 Å². The molecule has 7 heteroatoms. The molecule has 4 rings (SSSR count). The van der Waals surface area contributed by atoms with E-state index in [-0.39, 0.29) is 24.3 Å². The van der Waals surface area contributed by atoms with Crippen molar-refractivity contribution in [1.29, 1.82) is 0 Å². The van der Waals surface area contributed by atoms with E-state index in [1.807, 2.05) is 23.1 Å². The summed E-state index contributed by atoms with van der Waals surface area (Å²) in [4.78, 5) is 30.7. The summed E-state index contributed by atoms with van der Waals surface area (Å²) in [6.07, 6.45) is 0.937. The molecule has 0 bridgehead atoms. The van der Waals surface area contributed by atoms with Gasteiger partial charge in [-0.2, -0.15) is 0 Å². The van der Waals surface area contributed by atoms with Crippen molar-refractivity contribution in [3.63, 3.8) is 0 Å². The van der Waals surface area contributed by atoms with Crippen molar-refractivity contribution in [2.45, 2.75) is 6.42 Å². The Labute approximate surface area is 144 Å². The highest BCUT2D eigenvalue weighted by molar-refractivity contribution is 6.06. The van der Waals surface area contributed by atoms with Crippen LogP contribution in [-0.2, 0) is 11.2 Å².